The summed E-state index contributed by atoms with van der Waals surface area (Å²) in [5.41, 5.74) is 5.55. The zero-order chi connectivity index (χ0) is 32.6. The number of hydrogen-bond donors (Lipinski definition) is 0. The first-order valence-corrected chi connectivity index (χ1v) is 15.6. The molecule has 9 nitrogen and oxygen atoms in total. The SMILES string of the molecule is CCOC(=O)C1=C(C)N=c2s/c(=C\c3cc(C)n(-c4ccc(C(C)=O)cc4)c3C)c(=O)n2[C@H]1c1ccc(OC(C)C)c(OC)c1. The van der Waals surface area contributed by atoms with Crippen molar-refractivity contribution in [1.82, 2.24) is 9.13 Å². The van der Waals surface area contributed by atoms with E-state index >= 15 is 0 Å². The van der Waals surface area contributed by atoms with E-state index in [0.717, 1.165) is 22.6 Å². The molecular formula is C35H37N3O6S. The van der Waals surface area contributed by atoms with Crippen LogP contribution >= 0.6 is 11.3 Å². The molecule has 10 heteroatoms. The van der Waals surface area contributed by atoms with Gasteiger partial charge in [0.1, 0.15) is 0 Å². The van der Waals surface area contributed by atoms with Crippen LogP contribution < -0.4 is 24.4 Å². The van der Waals surface area contributed by atoms with Crippen LogP contribution in [0.25, 0.3) is 11.8 Å². The second-order valence-electron chi connectivity index (χ2n) is 11.1. The summed E-state index contributed by atoms with van der Waals surface area (Å²) in [6.07, 6.45) is 1.80. The predicted octanol–water partition coefficient (Wildman–Crippen LogP) is 5.20. The molecule has 234 valence electrons. The van der Waals surface area contributed by atoms with Crippen LogP contribution in [0.4, 0.5) is 0 Å². The highest BCUT2D eigenvalue weighted by Gasteiger charge is 2.34. The Balaban J connectivity index is 1.67. The van der Waals surface area contributed by atoms with Crippen LogP contribution in [0.3, 0.4) is 0 Å². The number of esters is 1. The molecule has 0 N–H and O–H groups in total. The normalized spacial score (nSPS) is 14.8. The van der Waals surface area contributed by atoms with E-state index in [1.165, 1.54) is 11.3 Å². The molecule has 45 heavy (non-hydrogen) atoms. The number of ether oxygens (including phenoxy) is 3. The van der Waals surface area contributed by atoms with Crippen LogP contribution in [-0.2, 0) is 9.53 Å². The van der Waals surface area contributed by atoms with Crippen molar-refractivity contribution < 1.29 is 23.8 Å². The molecule has 2 aromatic heterocycles. The topological polar surface area (TPSA) is 101 Å². The van der Waals surface area contributed by atoms with Gasteiger partial charge in [0.2, 0.25) is 0 Å². The van der Waals surface area contributed by atoms with E-state index in [1.807, 2.05) is 70.2 Å². The molecule has 4 aromatic rings. The highest BCUT2D eigenvalue weighted by atomic mass is 32.1. The Morgan fingerprint density at radius 2 is 1.76 bits per heavy atom. The van der Waals surface area contributed by atoms with Gasteiger partial charge in [-0.2, -0.15) is 0 Å². The van der Waals surface area contributed by atoms with Crippen LogP contribution in [-0.4, -0.2) is 40.7 Å². The molecule has 1 aliphatic heterocycles. The van der Waals surface area contributed by atoms with Gasteiger partial charge in [-0.25, -0.2) is 9.79 Å². The van der Waals surface area contributed by atoms with Crippen LogP contribution in [0.2, 0.25) is 0 Å². The van der Waals surface area contributed by atoms with Crippen LogP contribution in [0.1, 0.15) is 73.5 Å². The highest BCUT2D eigenvalue weighted by molar-refractivity contribution is 7.07. The number of ketones is 1. The Morgan fingerprint density at radius 1 is 1.04 bits per heavy atom. The summed E-state index contributed by atoms with van der Waals surface area (Å²) >= 11 is 1.27. The number of rotatable bonds is 9. The summed E-state index contributed by atoms with van der Waals surface area (Å²) in [5.74, 6) is 0.536. The maximum atomic E-state index is 14.2. The number of aromatic nitrogens is 2. The summed E-state index contributed by atoms with van der Waals surface area (Å²) < 4.78 is 21.1. The number of thiazole rings is 1. The molecule has 5 rings (SSSR count). The third-order valence-electron chi connectivity index (χ3n) is 7.67. The third kappa shape index (κ3) is 6.02. The molecule has 1 aliphatic rings. The number of carbonyl (C=O) groups is 2. The highest BCUT2D eigenvalue weighted by Crippen LogP contribution is 2.36. The Bertz CT molecular complexity index is 2010. The maximum absolute atomic E-state index is 14.2. The van der Waals surface area contributed by atoms with Gasteiger partial charge in [-0.1, -0.05) is 17.4 Å². The van der Waals surface area contributed by atoms with Gasteiger partial charge in [-0.05, 0) is 108 Å². The molecule has 0 bridgehead atoms. The number of benzene rings is 2. The van der Waals surface area contributed by atoms with Crippen LogP contribution in [0, 0.1) is 13.8 Å². The lowest BCUT2D eigenvalue weighted by atomic mass is 9.95. The van der Waals surface area contributed by atoms with E-state index < -0.39 is 12.0 Å². The van der Waals surface area contributed by atoms with Gasteiger partial charge in [-0.3, -0.25) is 14.2 Å². The quantitative estimate of drug-likeness (QED) is 0.187. The molecule has 1 atom stereocenters. The van der Waals surface area contributed by atoms with Gasteiger partial charge in [0.15, 0.2) is 22.1 Å². The van der Waals surface area contributed by atoms with E-state index in [-0.39, 0.29) is 24.1 Å². The Morgan fingerprint density at radius 3 is 2.38 bits per heavy atom. The van der Waals surface area contributed by atoms with Crippen molar-refractivity contribution in [3.63, 3.8) is 0 Å². The van der Waals surface area contributed by atoms with E-state index in [1.54, 1.807) is 44.6 Å². The number of allylic oxidation sites excluding steroid dienone is 1. The number of aryl methyl sites for hydroxylation is 1. The summed E-state index contributed by atoms with van der Waals surface area (Å²) in [6, 6.07) is 14.1. The van der Waals surface area contributed by atoms with Crippen molar-refractivity contribution in [2.24, 2.45) is 4.99 Å². The van der Waals surface area contributed by atoms with E-state index in [4.69, 9.17) is 19.2 Å². The Hall–Kier alpha value is -4.70. The van der Waals surface area contributed by atoms with Gasteiger partial charge in [0.25, 0.3) is 5.56 Å². The monoisotopic (exact) mass is 627 g/mol. The largest absolute Gasteiger partial charge is 0.493 e. The molecule has 3 heterocycles. The molecule has 0 radical (unpaired) electrons. The van der Waals surface area contributed by atoms with Crippen molar-refractivity contribution >= 4 is 29.2 Å². The minimum Gasteiger partial charge on any atom is -0.493 e. The molecule has 0 aliphatic carbocycles. The van der Waals surface area contributed by atoms with E-state index in [9.17, 15) is 14.4 Å². The zero-order valence-electron chi connectivity index (χ0n) is 26.8. The van der Waals surface area contributed by atoms with Gasteiger partial charge in [0, 0.05) is 22.6 Å². The first-order chi connectivity index (χ1) is 21.4. The average Bonchev–Trinajstić information content (AvgIpc) is 3.45. The first-order valence-electron chi connectivity index (χ1n) is 14.8. The predicted molar refractivity (Wildman–Crippen MR) is 174 cm³/mol. The lowest BCUT2D eigenvalue weighted by molar-refractivity contribution is -0.139. The lowest BCUT2D eigenvalue weighted by Crippen LogP contribution is -2.40. The Labute approximate surface area is 265 Å². The number of hydrogen-bond acceptors (Lipinski definition) is 8. The fraction of sp³-hybridized carbons (Fsp3) is 0.314. The summed E-state index contributed by atoms with van der Waals surface area (Å²) in [4.78, 5) is 44.5. The molecule has 0 saturated heterocycles. The van der Waals surface area contributed by atoms with Crippen molar-refractivity contribution in [3.8, 4) is 17.2 Å². The number of fused-ring (bicyclic) bond motifs is 1. The molecule has 0 spiro atoms. The lowest BCUT2D eigenvalue weighted by Gasteiger charge is -2.25. The van der Waals surface area contributed by atoms with E-state index in [0.29, 0.717) is 43.2 Å². The second kappa shape index (κ2) is 12.7. The molecule has 0 unspecified atom stereocenters. The minimum atomic E-state index is -0.781. The first kappa shape index (κ1) is 31.7. The molecular weight excluding hydrogens is 590 g/mol. The van der Waals surface area contributed by atoms with Crippen molar-refractivity contribution in [3.05, 3.63) is 108 Å². The fourth-order valence-electron chi connectivity index (χ4n) is 5.63. The molecule has 0 amide bonds. The number of carbonyl (C=O) groups excluding carboxylic acids is 2. The maximum Gasteiger partial charge on any atom is 0.338 e. The van der Waals surface area contributed by atoms with Gasteiger partial charge >= 0.3 is 5.97 Å². The summed E-state index contributed by atoms with van der Waals surface area (Å²) in [5, 5.41) is 0. The average molecular weight is 628 g/mol. The fourth-order valence-corrected chi connectivity index (χ4v) is 6.67. The summed E-state index contributed by atoms with van der Waals surface area (Å²) in [6.45, 7) is 13.1. The smallest absolute Gasteiger partial charge is 0.338 e. The van der Waals surface area contributed by atoms with Gasteiger partial charge in [0.05, 0.1) is 41.7 Å². The third-order valence-corrected chi connectivity index (χ3v) is 8.65. The van der Waals surface area contributed by atoms with E-state index in [2.05, 4.69) is 4.57 Å². The standard InChI is InChI=1S/C35H37N3O6S/c1-9-43-34(41)31-21(5)36-35-38(32(31)25-12-15-28(44-19(2)3)29(17-25)42-8)33(40)30(45-35)18-26-16-20(4)37(22(26)6)27-13-10-24(11-14-27)23(7)39/h10-19,32H,9H2,1-8H3/b30-18-/t32-/m0/s1. The number of nitrogens with zero attached hydrogens (tertiary/aromatic N) is 3. The second-order valence-corrected chi connectivity index (χ2v) is 12.2. The number of methoxy groups -OCH3 is 1. The number of Topliss-reactive ketones (excluding diaryl/α,β-unsaturated/α-hetero) is 1. The van der Waals surface area contributed by atoms with Crippen molar-refractivity contribution in [2.75, 3.05) is 13.7 Å². The van der Waals surface area contributed by atoms with Gasteiger partial charge in [-0.15, -0.1) is 0 Å². The summed E-state index contributed by atoms with van der Waals surface area (Å²) in [7, 11) is 1.55. The van der Waals surface area contributed by atoms with Crippen molar-refractivity contribution in [2.45, 2.75) is 60.6 Å². The molecule has 0 fully saturated rings. The minimum absolute atomic E-state index is 0.0106. The zero-order valence-corrected chi connectivity index (χ0v) is 27.6. The van der Waals surface area contributed by atoms with Crippen molar-refractivity contribution in [1.29, 1.82) is 0 Å². The van der Waals surface area contributed by atoms with Gasteiger partial charge < -0.3 is 18.8 Å². The molecule has 2 aromatic carbocycles. The van der Waals surface area contributed by atoms with Crippen LogP contribution in [0.5, 0.6) is 11.5 Å². The molecule has 0 saturated carbocycles. The Kier molecular flexibility index (Phi) is 8.97. The van der Waals surface area contributed by atoms with Crippen LogP contribution in [0.15, 0.2) is 69.6 Å².